The van der Waals surface area contributed by atoms with Crippen molar-refractivity contribution in [2.24, 2.45) is 7.05 Å². The number of amides is 1. The molecular formula is C15H21N5OS. The summed E-state index contributed by atoms with van der Waals surface area (Å²) in [6.45, 7) is 5.82. The number of nitrogens with one attached hydrogen (secondary N) is 1. The topological polar surface area (TPSA) is 63.1 Å². The predicted molar refractivity (Wildman–Crippen MR) is 87.5 cm³/mol. The molecule has 118 valence electrons. The highest BCUT2D eigenvalue weighted by Gasteiger charge is 2.24. The van der Waals surface area contributed by atoms with Crippen molar-refractivity contribution in [1.29, 1.82) is 0 Å². The summed E-state index contributed by atoms with van der Waals surface area (Å²) in [5.41, 5.74) is 1.47. The van der Waals surface area contributed by atoms with Gasteiger partial charge in [0.2, 0.25) is 0 Å². The third-order valence-corrected chi connectivity index (χ3v) is 4.96. The Balaban J connectivity index is 1.64. The SMILES string of the molecule is Cc1cnc(N2CCCC(NC(=O)c3cc(C)n(C)n3)C2)s1. The van der Waals surface area contributed by atoms with Crippen LogP contribution in [-0.4, -0.2) is 39.8 Å². The summed E-state index contributed by atoms with van der Waals surface area (Å²) < 4.78 is 1.72. The quantitative estimate of drug-likeness (QED) is 0.938. The van der Waals surface area contributed by atoms with E-state index >= 15 is 0 Å². The summed E-state index contributed by atoms with van der Waals surface area (Å²) in [6.07, 6.45) is 3.96. The van der Waals surface area contributed by atoms with Crippen molar-refractivity contribution < 1.29 is 4.79 Å². The van der Waals surface area contributed by atoms with E-state index in [4.69, 9.17) is 0 Å². The zero-order chi connectivity index (χ0) is 15.7. The molecule has 0 bridgehead atoms. The highest BCUT2D eigenvalue weighted by molar-refractivity contribution is 7.15. The van der Waals surface area contributed by atoms with Crippen LogP contribution >= 0.6 is 11.3 Å². The average Bonchev–Trinajstić information content (AvgIpc) is 3.06. The summed E-state index contributed by atoms with van der Waals surface area (Å²) in [6, 6.07) is 1.97. The summed E-state index contributed by atoms with van der Waals surface area (Å²) in [5.74, 6) is -0.0918. The van der Waals surface area contributed by atoms with Gasteiger partial charge in [-0.05, 0) is 32.8 Å². The van der Waals surface area contributed by atoms with E-state index in [-0.39, 0.29) is 11.9 Å². The Morgan fingerprint density at radius 2 is 2.27 bits per heavy atom. The fourth-order valence-corrected chi connectivity index (χ4v) is 3.48. The zero-order valence-electron chi connectivity index (χ0n) is 13.2. The minimum atomic E-state index is -0.0918. The number of hydrogen-bond donors (Lipinski definition) is 1. The molecule has 1 saturated heterocycles. The molecule has 1 unspecified atom stereocenters. The number of thiazole rings is 1. The smallest absolute Gasteiger partial charge is 0.272 e. The van der Waals surface area contributed by atoms with Gasteiger partial charge in [-0.2, -0.15) is 5.10 Å². The first-order valence-electron chi connectivity index (χ1n) is 7.52. The molecule has 7 heteroatoms. The minimum absolute atomic E-state index is 0.0918. The van der Waals surface area contributed by atoms with E-state index in [1.165, 1.54) is 4.88 Å². The Labute approximate surface area is 134 Å². The molecule has 0 spiro atoms. The van der Waals surface area contributed by atoms with Gasteiger partial charge in [0.25, 0.3) is 5.91 Å². The first-order valence-corrected chi connectivity index (χ1v) is 8.33. The van der Waals surface area contributed by atoms with Crippen LogP contribution in [0.25, 0.3) is 0 Å². The van der Waals surface area contributed by atoms with E-state index in [0.717, 1.165) is 36.8 Å². The van der Waals surface area contributed by atoms with Gasteiger partial charge < -0.3 is 10.2 Å². The van der Waals surface area contributed by atoms with Crippen LogP contribution in [0.15, 0.2) is 12.3 Å². The first-order chi connectivity index (χ1) is 10.5. The summed E-state index contributed by atoms with van der Waals surface area (Å²) in [5, 5.41) is 8.39. The molecule has 1 fully saturated rings. The van der Waals surface area contributed by atoms with Gasteiger partial charge in [-0.25, -0.2) is 4.98 Å². The molecule has 1 amide bonds. The second-order valence-electron chi connectivity index (χ2n) is 5.81. The molecule has 1 aliphatic rings. The molecule has 0 saturated carbocycles. The molecule has 1 N–H and O–H groups in total. The lowest BCUT2D eigenvalue weighted by Crippen LogP contribution is -2.47. The number of rotatable bonds is 3. The molecule has 0 radical (unpaired) electrons. The molecule has 3 rings (SSSR count). The van der Waals surface area contributed by atoms with Gasteiger partial charge in [0.15, 0.2) is 5.13 Å². The number of carbonyl (C=O) groups excluding carboxylic acids is 1. The summed E-state index contributed by atoms with van der Waals surface area (Å²) >= 11 is 1.70. The Kier molecular flexibility index (Phi) is 4.15. The molecule has 0 aromatic carbocycles. The second-order valence-corrected chi connectivity index (χ2v) is 7.02. The highest BCUT2D eigenvalue weighted by Crippen LogP contribution is 2.25. The predicted octanol–water partition coefficient (Wildman–Crippen LogP) is 1.89. The molecule has 2 aromatic rings. The number of piperidine rings is 1. The molecule has 6 nitrogen and oxygen atoms in total. The van der Waals surface area contributed by atoms with Crippen LogP contribution in [-0.2, 0) is 7.05 Å². The van der Waals surface area contributed by atoms with Crippen molar-refractivity contribution in [3.63, 3.8) is 0 Å². The van der Waals surface area contributed by atoms with Crippen molar-refractivity contribution >= 4 is 22.4 Å². The highest BCUT2D eigenvalue weighted by atomic mass is 32.1. The standard InChI is InChI=1S/C15H21N5OS/c1-10-7-13(18-19(10)3)14(21)17-12-5-4-6-20(9-12)15-16-8-11(2)22-15/h7-8,12H,4-6,9H2,1-3H3,(H,17,21). The maximum Gasteiger partial charge on any atom is 0.272 e. The minimum Gasteiger partial charge on any atom is -0.346 e. The Bertz CT molecular complexity index is 658. The third kappa shape index (κ3) is 3.14. The molecule has 2 aromatic heterocycles. The lowest BCUT2D eigenvalue weighted by molar-refractivity contribution is 0.0927. The van der Waals surface area contributed by atoms with Gasteiger partial charge >= 0.3 is 0 Å². The van der Waals surface area contributed by atoms with Gasteiger partial charge in [-0.1, -0.05) is 0 Å². The molecule has 1 atom stereocenters. The van der Waals surface area contributed by atoms with Crippen LogP contribution in [0, 0.1) is 13.8 Å². The van der Waals surface area contributed by atoms with Crippen molar-refractivity contribution in [3.05, 3.63) is 28.5 Å². The number of nitrogens with zero attached hydrogens (tertiary/aromatic N) is 4. The monoisotopic (exact) mass is 319 g/mol. The fourth-order valence-electron chi connectivity index (χ4n) is 2.69. The number of aromatic nitrogens is 3. The molecule has 1 aliphatic heterocycles. The number of carbonyl (C=O) groups is 1. The maximum atomic E-state index is 12.3. The van der Waals surface area contributed by atoms with Crippen molar-refractivity contribution in [3.8, 4) is 0 Å². The number of aryl methyl sites for hydroxylation is 3. The van der Waals surface area contributed by atoms with Crippen molar-refractivity contribution in [2.45, 2.75) is 32.7 Å². The van der Waals surface area contributed by atoms with Crippen LogP contribution in [0.2, 0.25) is 0 Å². The Hall–Kier alpha value is -1.89. The Morgan fingerprint density at radius 1 is 1.45 bits per heavy atom. The van der Waals surface area contributed by atoms with Gasteiger partial charge in [0.1, 0.15) is 5.69 Å². The normalized spacial score (nSPS) is 18.5. The van der Waals surface area contributed by atoms with Crippen molar-refractivity contribution in [2.75, 3.05) is 18.0 Å². The van der Waals surface area contributed by atoms with Gasteiger partial charge in [-0.3, -0.25) is 9.48 Å². The first kappa shape index (κ1) is 15.0. The maximum absolute atomic E-state index is 12.3. The van der Waals surface area contributed by atoms with Crippen LogP contribution in [0.4, 0.5) is 5.13 Å². The van der Waals surface area contributed by atoms with Gasteiger partial charge in [0.05, 0.1) is 0 Å². The van der Waals surface area contributed by atoms with E-state index in [2.05, 4.69) is 27.2 Å². The van der Waals surface area contributed by atoms with E-state index in [1.807, 2.05) is 26.2 Å². The molecule has 22 heavy (non-hydrogen) atoms. The third-order valence-electron chi connectivity index (χ3n) is 3.98. The largest absolute Gasteiger partial charge is 0.346 e. The van der Waals surface area contributed by atoms with Gasteiger partial charge in [-0.15, -0.1) is 11.3 Å². The molecule has 3 heterocycles. The lowest BCUT2D eigenvalue weighted by atomic mass is 10.1. The molecular weight excluding hydrogens is 298 g/mol. The van der Waals surface area contributed by atoms with Crippen molar-refractivity contribution in [1.82, 2.24) is 20.1 Å². The van der Waals surface area contributed by atoms with E-state index in [0.29, 0.717) is 5.69 Å². The van der Waals surface area contributed by atoms with Crippen LogP contribution < -0.4 is 10.2 Å². The second kappa shape index (κ2) is 6.08. The zero-order valence-corrected chi connectivity index (χ0v) is 14.0. The van der Waals surface area contributed by atoms with Crippen LogP contribution in [0.5, 0.6) is 0 Å². The van der Waals surface area contributed by atoms with E-state index < -0.39 is 0 Å². The van der Waals surface area contributed by atoms with E-state index in [9.17, 15) is 4.79 Å². The average molecular weight is 319 g/mol. The van der Waals surface area contributed by atoms with E-state index in [1.54, 1.807) is 16.0 Å². The fraction of sp³-hybridized carbons (Fsp3) is 0.533. The van der Waals surface area contributed by atoms with Crippen LogP contribution in [0.3, 0.4) is 0 Å². The molecule has 0 aliphatic carbocycles. The number of anilines is 1. The summed E-state index contributed by atoms with van der Waals surface area (Å²) in [7, 11) is 1.85. The van der Waals surface area contributed by atoms with Crippen LogP contribution in [0.1, 0.15) is 33.9 Å². The number of hydrogen-bond acceptors (Lipinski definition) is 5. The summed E-state index contributed by atoms with van der Waals surface area (Å²) in [4.78, 5) is 20.2. The Morgan fingerprint density at radius 3 is 2.91 bits per heavy atom. The van der Waals surface area contributed by atoms with Gasteiger partial charge in [0, 0.05) is 42.9 Å². The lowest BCUT2D eigenvalue weighted by Gasteiger charge is -2.32.